The number of aryl methyl sites for hydroxylation is 2. The number of fused-ring (bicyclic) bond motifs is 2. The fraction of sp³-hybridized carbons (Fsp3) is 0.333. The van der Waals surface area contributed by atoms with E-state index in [-0.39, 0.29) is 22.9 Å². The van der Waals surface area contributed by atoms with Gasteiger partial charge >= 0.3 is 0 Å². The van der Waals surface area contributed by atoms with Gasteiger partial charge in [0.15, 0.2) is 5.17 Å². The van der Waals surface area contributed by atoms with Crippen LogP contribution in [0.15, 0.2) is 29.9 Å². The van der Waals surface area contributed by atoms with Crippen LogP contribution < -0.4 is 10.2 Å². The maximum Gasteiger partial charge on any atom is 0.271 e. The van der Waals surface area contributed by atoms with Crippen molar-refractivity contribution in [3.05, 3.63) is 41.5 Å². The highest BCUT2D eigenvalue weighted by Gasteiger charge is 2.61. The van der Waals surface area contributed by atoms with Gasteiger partial charge in [0.25, 0.3) is 5.91 Å². The van der Waals surface area contributed by atoms with Gasteiger partial charge in [-0.05, 0) is 31.2 Å². The van der Waals surface area contributed by atoms with E-state index in [4.69, 9.17) is 0 Å². The van der Waals surface area contributed by atoms with E-state index in [2.05, 4.69) is 17.0 Å². The van der Waals surface area contributed by atoms with E-state index in [1.807, 2.05) is 26.0 Å². The number of amidine groups is 1. The molecule has 0 bridgehead atoms. The molecule has 0 radical (unpaired) electrons. The van der Waals surface area contributed by atoms with Gasteiger partial charge in [-0.1, -0.05) is 23.8 Å². The first-order chi connectivity index (χ1) is 12.2. The first-order valence-corrected chi connectivity index (χ1v) is 8.94. The third-order valence-electron chi connectivity index (χ3n) is 4.24. The molecule has 3 rings (SSSR count). The molecule has 1 spiro atoms. The molecule has 8 heteroatoms. The van der Waals surface area contributed by atoms with Crippen molar-refractivity contribution < 1.29 is 14.4 Å². The fourth-order valence-electron chi connectivity index (χ4n) is 3.44. The van der Waals surface area contributed by atoms with Crippen molar-refractivity contribution in [2.24, 2.45) is 5.10 Å². The van der Waals surface area contributed by atoms with Crippen LogP contribution in [0.3, 0.4) is 0 Å². The van der Waals surface area contributed by atoms with Crippen LogP contribution in [0.25, 0.3) is 0 Å². The summed E-state index contributed by atoms with van der Waals surface area (Å²) < 4.78 is 0. The van der Waals surface area contributed by atoms with Crippen LogP contribution in [-0.4, -0.2) is 34.4 Å². The second kappa shape index (κ2) is 6.28. The highest BCUT2D eigenvalue weighted by atomic mass is 32.2. The number of carbonyl (C=O) groups is 3. The molecule has 1 N–H and O–H groups in total. The second-order valence-corrected chi connectivity index (χ2v) is 7.53. The summed E-state index contributed by atoms with van der Waals surface area (Å²) >= 11 is 1.08. The summed E-state index contributed by atoms with van der Waals surface area (Å²) in [6.45, 7) is 10.6. The second-order valence-electron chi connectivity index (χ2n) is 6.35. The molecule has 3 amide bonds. The zero-order valence-electron chi connectivity index (χ0n) is 15.1. The summed E-state index contributed by atoms with van der Waals surface area (Å²) in [6.07, 6.45) is 1.65. The van der Waals surface area contributed by atoms with Gasteiger partial charge < -0.3 is 10.2 Å². The summed E-state index contributed by atoms with van der Waals surface area (Å²) in [4.78, 5) is 37.5. The van der Waals surface area contributed by atoms with E-state index >= 15 is 0 Å². The number of hydrogen-bond donors (Lipinski definition) is 1. The quantitative estimate of drug-likeness (QED) is 0.805. The van der Waals surface area contributed by atoms with Crippen LogP contribution in [0.5, 0.6) is 0 Å². The van der Waals surface area contributed by atoms with E-state index in [1.165, 1.54) is 18.9 Å². The Balaban J connectivity index is 2.24. The summed E-state index contributed by atoms with van der Waals surface area (Å²) in [7, 11) is 0. The Bertz CT molecular complexity index is 879. The topological polar surface area (TPSA) is 82.1 Å². The molecular weight excluding hydrogens is 352 g/mol. The van der Waals surface area contributed by atoms with E-state index in [1.54, 1.807) is 11.0 Å². The monoisotopic (exact) mass is 372 g/mol. The van der Waals surface area contributed by atoms with Crippen molar-refractivity contribution in [3.63, 3.8) is 0 Å². The number of thioether (sulfide) groups is 1. The molecule has 1 aromatic carbocycles. The molecule has 0 saturated carbocycles. The Kier molecular flexibility index (Phi) is 4.39. The minimum Gasteiger partial charge on any atom is -0.305 e. The van der Waals surface area contributed by atoms with Gasteiger partial charge in [-0.25, -0.2) is 0 Å². The summed E-state index contributed by atoms with van der Waals surface area (Å²) in [5.41, 5.74) is 3.37. The fourth-order valence-corrected chi connectivity index (χ4v) is 4.76. The highest BCUT2D eigenvalue weighted by Crippen LogP contribution is 2.55. The molecule has 0 aromatic heterocycles. The molecule has 0 fully saturated rings. The summed E-state index contributed by atoms with van der Waals surface area (Å²) in [5.74, 6) is -0.965. The largest absolute Gasteiger partial charge is 0.305 e. The van der Waals surface area contributed by atoms with E-state index in [9.17, 15) is 14.4 Å². The molecule has 2 aliphatic rings. The first-order valence-electron chi connectivity index (χ1n) is 8.13. The highest BCUT2D eigenvalue weighted by molar-refractivity contribution is 8.15. The minimum absolute atomic E-state index is 0.228. The van der Waals surface area contributed by atoms with E-state index in [0.717, 1.165) is 28.6 Å². The van der Waals surface area contributed by atoms with Gasteiger partial charge in [0.2, 0.25) is 16.7 Å². The van der Waals surface area contributed by atoms with Crippen molar-refractivity contribution >= 4 is 40.3 Å². The number of nitrogens with zero attached hydrogens (tertiary/aromatic N) is 3. The number of benzene rings is 1. The first kappa shape index (κ1) is 18.2. The lowest BCUT2D eigenvalue weighted by Crippen LogP contribution is -2.48. The van der Waals surface area contributed by atoms with Crippen LogP contribution in [0, 0.1) is 13.8 Å². The van der Waals surface area contributed by atoms with Gasteiger partial charge in [0, 0.05) is 26.0 Å². The molecule has 26 heavy (non-hydrogen) atoms. The number of anilines is 1. The summed E-state index contributed by atoms with van der Waals surface area (Å²) in [5, 5.41) is 8.22. The Morgan fingerprint density at radius 2 is 2.04 bits per heavy atom. The van der Waals surface area contributed by atoms with E-state index < -0.39 is 4.87 Å². The van der Waals surface area contributed by atoms with Crippen molar-refractivity contribution in [2.45, 2.75) is 32.6 Å². The number of hydrazone groups is 1. The molecule has 2 aliphatic heterocycles. The number of amides is 3. The molecule has 0 saturated heterocycles. The Morgan fingerprint density at radius 1 is 1.35 bits per heavy atom. The van der Waals surface area contributed by atoms with Crippen LogP contribution in [0.2, 0.25) is 0 Å². The number of nitrogens with one attached hydrogen (secondary N) is 1. The number of carbonyl (C=O) groups excluding carboxylic acids is 3. The van der Waals surface area contributed by atoms with Crippen molar-refractivity contribution in [3.8, 4) is 0 Å². The predicted molar refractivity (Wildman–Crippen MR) is 102 cm³/mol. The lowest BCUT2D eigenvalue weighted by atomic mass is 10.0. The maximum absolute atomic E-state index is 13.5. The summed E-state index contributed by atoms with van der Waals surface area (Å²) in [6, 6.07) is 3.90. The van der Waals surface area contributed by atoms with Crippen LogP contribution in [0.1, 0.15) is 30.5 Å². The van der Waals surface area contributed by atoms with Gasteiger partial charge in [0.1, 0.15) is 0 Å². The number of rotatable bonds is 2. The molecular formula is C18H20N4O3S. The van der Waals surface area contributed by atoms with Crippen molar-refractivity contribution in [2.75, 3.05) is 11.4 Å². The zero-order valence-corrected chi connectivity index (χ0v) is 15.9. The predicted octanol–water partition coefficient (Wildman–Crippen LogP) is 1.99. The van der Waals surface area contributed by atoms with Crippen molar-refractivity contribution in [1.82, 2.24) is 10.3 Å². The average Bonchev–Trinajstić information content (AvgIpc) is 3.01. The van der Waals surface area contributed by atoms with Gasteiger partial charge in [-0.3, -0.25) is 14.4 Å². The molecule has 0 unspecified atom stereocenters. The standard InChI is InChI=1S/C18H20N4O3S/c1-6-7-21-15-11(3)8-10(2)9-14(15)18(16(21)25)22(13(5)24)20-17(26-18)19-12(4)23/h6,8-9H,1,7H2,2-5H3,(H,19,20,23)/t18-/m0/s1. The lowest BCUT2D eigenvalue weighted by molar-refractivity contribution is -0.139. The smallest absolute Gasteiger partial charge is 0.271 e. The normalized spacial score (nSPS) is 21.1. The molecule has 0 aliphatic carbocycles. The SMILES string of the molecule is C=CCN1C(=O)[C@@]2(SC(NC(C)=O)=NN2C(C)=O)c2cc(C)cc(C)c21. The Morgan fingerprint density at radius 3 is 2.62 bits per heavy atom. The Labute approximate surface area is 156 Å². The molecule has 136 valence electrons. The Hall–Kier alpha value is -2.61. The minimum atomic E-state index is -1.35. The van der Waals surface area contributed by atoms with Crippen LogP contribution in [0.4, 0.5) is 5.69 Å². The molecule has 7 nitrogen and oxygen atoms in total. The van der Waals surface area contributed by atoms with Gasteiger partial charge in [-0.2, -0.15) is 5.01 Å². The number of hydrogen-bond acceptors (Lipinski definition) is 5. The average molecular weight is 372 g/mol. The maximum atomic E-state index is 13.5. The van der Waals surface area contributed by atoms with E-state index in [0.29, 0.717) is 12.1 Å². The van der Waals surface area contributed by atoms with Gasteiger partial charge in [-0.15, -0.1) is 11.7 Å². The molecule has 1 atom stereocenters. The third-order valence-corrected chi connectivity index (χ3v) is 5.48. The lowest BCUT2D eigenvalue weighted by Gasteiger charge is -2.29. The zero-order chi connectivity index (χ0) is 19.2. The van der Waals surface area contributed by atoms with Crippen LogP contribution >= 0.6 is 11.8 Å². The van der Waals surface area contributed by atoms with Crippen LogP contribution in [-0.2, 0) is 19.3 Å². The molecule has 2 heterocycles. The third kappa shape index (κ3) is 2.52. The van der Waals surface area contributed by atoms with Crippen molar-refractivity contribution in [1.29, 1.82) is 0 Å². The van der Waals surface area contributed by atoms with Gasteiger partial charge in [0.05, 0.1) is 5.69 Å². The molecule has 1 aromatic rings.